The molecule has 2 bridgehead atoms. The van der Waals surface area contributed by atoms with Gasteiger partial charge < -0.3 is 20.1 Å². The fourth-order valence-electron chi connectivity index (χ4n) is 3.53. The van der Waals surface area contributed by atoms with Crippen LogP contribution in [0.4, 0.5) is 4.79 Å². The summed E-state index contributed by atoms with van der Waals surface area (Å²) in [6.07, 6.45) is 3.64. The third-order valence-electron chi connectivity index (χ3n) is 4.42. The van der Waals surface area contributed by atoms with Crippen LogP contribution in [-0.2, 0) is 4.74 Å². The lowest BCUT2D eigenvalue weighted by atomic mass is 9.89. The maximum atomic E-state index is 12.3. The number of aliphatic hydroxyl groups excluding tert-OH is 1. The molecule has 0 spiro atoms. The number of amides is 1. The third-order valence-corrected chi connectivity index (χ3v) is 4.42. The average Bonchev–Trinajstić information content (AvgIpc) is 2.89. The van der Waals surface area contributed by atoms with Gasteiger partial charge >= 0.3 is 6.09 Å². The lowest BCUT2D eigenvalue weighted by Crippen LogP contribution is -2.41. The van der Waals surface area contributed by atoms with Gasteiger partial charge in [-0.1, -0.05) is 0 Å². The highest BCUT2D eigenvalue weighted by molar-refractivity contribution is 5.70. The monoisotopic (exact) mass is 298 g/mol. The second-order valence-electron chi connectivity index (χ2n) is 7.52. The van der Waals surface area contributed by atoms with Gasteiger partial charge in [0.2, 0.25) is 0 Å². The van der Waals surface area contributed by atoms with E-state index in [1.165, 1.54) is 0 Å². The van der Waals surface area contributed by atoms with Crippen LogP contribution in [0.15, 0.2) is 0 Å². The number of nitrogens with one attached hydrogen (secondary N) is 1. The Morgan fingerprint density at radius 3 is 2.76 bits per heavy atom. The summed E-state index contributed by atoms with van der Waals surface area (Å²) in [6, 6.07) is 0.678. The topological polar surface area (TPSA) is 61.8 Å². The highest BCUT2D eigenvalue weighted by Crippen LogP contribution is 2.42. The summed E-state index contributed by atoms with van der Waals surface area (Å²) >= 11 is 0. The smallest absolute Gasteiger partial charge is 0.410 e. The normalized spacial score (nSPS) is 29.8. The van der Waals surface area contributed by atoms with E-state index >= 15 is 0 Å². The summed E-state index contributed by atoms with van der Waals surface area (Å²) in [4.78, 5) is 14.3. The van der Waals surface area contributed by atoms with Crippen molar-refractivity contribution in [2.75, 3.05) is 13.1 Å². The van der Waals surface area contributed by atoms with Crippen molar-refractivity contribution in [2.24, 2.45) is 5.92 Å². The molecule has 2 saturated heterocycles. The molecule has 2 fully saturated rings. The van der Waals surface area contributed by atoms with Gasteiger partial charge in [-0.15, -0.1) is 0 Å². The molecule has 122 valence electrons. The minimum atomic E-state index is -0.426. The molecule has 2 aliphatic rings. The van der Waals surface area contributed by atoms with Crippen LogP contribution in [0.25, 0.3) is 0 Å². The Balaban J connectivity index is 1.82. The van der Waals surface area contributed by atoms with E-state index in [1.54, 1.807) is 0 Å². The van der Waals surface area contributed by atoms with Crippen LogP contribution < -0.4 is 5.32 Å². The van der Waals surface area contributed by atoms with Crippen molar-refractivity contribution >= 4 is 6.09 Å². The zero-order chi connectivity index (χ0) is 15.6. The highest BCUT2D eigenvalue weighted by Gasteiger charge is 2.49. The van der Waals surface area contributed by atoms with Crippen molar-refractivity contribution in [1.82, 2.24) is 10.2 Å². The maximum Gasteiger partial charge on any atom is 0.410 e. The van der Waals surface area contributed by atoms with Gasteiger partial charge in [-0.3, -0.25) is 0 Å². The molecule has 21 heavy (non-hydrogen) atoms. The summed E-state index contributed by atoms with van der Waals surface area (Å²) in [6.45, 7) is 9.31. The molecule has 0 aromatic heterocycles. The highest BCUT2D eigenvalue weighted by atomic mass is 16.6. The Morgan fingerprint density at radius 1 is 1.43 bits per heavy atom. The minimum absolute atomic E-state index is 0.151. The standard InChI is InChI=1S/C16H30N2O3/c1-11(19)7-8-17-10-12-9-13-5-6-14(12)18(13)15(20)21-16(2,3)4/h11-14,17,19H,5-10H2,1-4H3. The second kappa shape index (κ2) is 6.53. The first-order valence-corrected chi connectivity index (χ1v) is 8.18. The summed E-state index contributed by atoms with van der Waals surface area (Å²) in [5.41, 5.74) is -0.426. The molecule has 2 rings (SSSR count). The summed E-state index contributed by atoms with van der Waals surface area (Å²) in [5.74, 6) is 0.519. The SMILES string of the molecule is CC(O)CCNCC1CC2CCC1N2C(=O)OC(C)(C)C. The molecule has 2 N–H and O–H groups in total. The number of hydrogen-bond donors (Lipinski definition) is 2. The molecular weight excluding hydrogens is 268 g/mol. The van der Waals surface area contributed by atoms with Gasteiger partial charge in [0.15, 0.2) is 0 Å². The number of rotatable bonds is 5. The van der Waals surface area contributed by atoms with Crippen molar-refractivity contribution in [3.05, 3.63) is 0 Å². The molecule has 0 aromatic rings. The lowest BCUT2D eigenvalue weighted by molar-refractivity contribution is 0.0205. The Labute approximate surface area is 128 Å². The molecule has 2 heterocycles. The van der Waals surface area contributed by atoms with E-state index in [-0.39, 0.29) is 12.2 Å². The summed E-state index contributed by atoms with van der Waals surface area (Å²) in [7, 11) is 0. The van der Waals surface area contributed by atoms with E-state index in [4.69, 9.17) is 4.74 Å². The van der Waals surface area contributed by atoms with Crippen LogP contribution in [-0.4, -0.2) is 53.0 Å². The van der Waals surface area contributed by atoms with Crippen molar-refractivity contribution < 1.29 is 14.6 Å². The molecule has 0 aromatic carbocycles. The molecule has 4 unspecified atom stereocenters. The molecule has 0 radical (unpaired) electrons. The van der Waals surface area contributed by atoms with E-state index < -0.39 is 5.60 Å². The quantitative estimate of drug-likeness (QED) is 0.763. The van der Waals surface area contributed by atoms with Gasteiger partial charge in [-0.25, -0.2) is 4.79 Å². The van der Waals surface area contributed by atoms with Gasteiger partial charge in [-0.05, 0) is 72.4 Å². The zero-order valence-corrected chi connectivity index (χ0v) is 13.8. The van der Waals surface area contributed by atoms with Crippen molar-refractivity contribution in [2.45, 2.75) is 77.2 Å². The second-order valence-corrected chi connectivity index (χ2v) is 7.52. The maximum absolute atomic E-state index is 12.3. The predicted molar refractivity (Wildman–Crippen MR) is 82.2 cm³/mol. The first kappa shape index (κ1) is 16.6. The van der Waals surface area contributed by atoms with Crippen LogP contribution in [0.1, 0.15) is 53.4 Å². The molecule has 0 saturated carbocycles. The molecule has 4 atom stereocenters. The summed E-state index contributed by atoms with van der Waals surface area (Å²) in [5, 5.41) is 12.7. The molecule has 2 aliphatic heterocycles. The number of fused-ring (bicyclic) bond motifs is 2. The van der Waals surface area contributed by atoms with Crippen LogP contribution >= 0.6 is 0 Å². The Hall–Kier alpha value is -0.810. The Kier molecular flexibility index (Phi) is 5.15. The van der Waals surface area contributed by atoms with Gasteiger partial charge in [-0.2, -0.15) is 0 Å². The number of nitrogens with zero attached hydrogens (tertiary/aromatic N) is 1. The van der Waals surface area contributed by atoms with Gasteiger partial charge in [0.25, 0.3) is 0 Å². The van der Waals surface area contributed by atoms with E-state index in [2.05, 4.69) is 5.32 Å². The van der Waals surface area contributed by atoms with E-state index in [9.17, 15) is 9.90 Å². The van der Waals surface area contributed by atoms with Gasteiger partial charge in [0, 0.05) is 12.1 Å². The number of aliphatic hydroxyl groups is 1. The molecule has 5 nitrogen and oxygen atoms in total. The van der Waals surface area contributed by atoms with Gasteiger partial charge in [0.1, 0.15) is 5.60 Å². The Bertz CT molecular complexity index is 365. The van der Waals surface area contributed by atoms with Crippen LogP contribution in [0.2, 0.25) is 0 Å². The fourth-order valence-corrected chi connectivity index (χ4v) is 3.53. The van der Waals surface area contributed by atoms with Crippen molar-refractivity contribution in [3.63, 3.8) is 0 Å². The first-order chi connectivity index (χ1) is 9.78. The molecule has 1 amide bonds. The minimum Gasteiger partial charge on any atom is -0.444 e. The Morgan fingerprint density at radius 2 is 2.14 bits per heavy atom. The number of hydrogen-bond acceptors (Lipinski definition) is 4. The molecular formula is C16H30N2O3. The average molecular weight is 298 g/mol. The largest absolute Gasteiger partial charge is 0.444 e. The van der Waals surface area contributed by atoms with Crippen LogP contribution in [0.5, 0.6) is 0 Å². The van der Waals surface area contributed by atoms with E-state index in [0.717, 1.165) is 38.8 Å². The molecule has 0 aliphatic carbocycles. The van der Waals surface area contributed by atoms with Gasteiger partial charge in [0.05, 0.1) is 6.10 Å². The molecule has 5 heteroatoms. The van der Waals surface area contributed by atoms with E-state index in [0.29, 0.717) is 18.0 Å². The van der Waals surface area contributed by atoms with Crippen LogP contribution in [0.3, 0.4) is 0 Å². The number of ether oxygens (including phenoxy) is 1. The van der Waals surface area contributed by atoms with Crippen molar-refractivity contribution in [1.29, 1.82) is 0 Å². The first-order valence-electron chi connectivity index (χ1n) is 8.18. The lowest BCUT2D eigenvalue weighted by Gasteiger charge is -2.28. The summed E-state index contributed by atoms with van der Waals surface area (Å²) < 4.78 is 5.54. The van der Waals surface area contributed by atoms with Crippen LogP contribution in [0, 0.1) is 5.92 Å². The zero-order valence-electron chi connectivity index (χ0n) is 13.8. The number of carbonyl (C=O) groups is 1. The third kappa shape index (κ3) is 4.33. The fraction of sp³-hybridized carbons (Fsp3) is 0.938. The number of carbonyl (C=O) groups excluding carboxylic acids is 1. The predicted octanol–water partition coefficient (Wildman–Crippen LogP) is 2.13. The van der Waals surface area contributed by atoms with E-state index in [1.807, 2.05) is 32.6 Å². The van der Waals surface area contributed by atoms with Crippen molar-refractivity contribution in [3.8, 4) is 0 Å².